The molecular weight excluding hydrogens is 276 g/mol. The maximum atomic E-state index is 12.4. The topological polar surface area (TPSA) is 62.2 Å². The molecule has 22 heavy (non-hydrogen) atoms. The van der Waals surface area contributed by atoms with Gasteiger partial charge < -0.3 is 10.4 Å². The predicted molar refractivity (Wildman–Crippen MR) is 85.0 cm³/mol. The van der Waals surface area contributed by atoms with E-state index in [4.69, 9.17) is 0 Å². The van der Waals surface area contributed by atoms with Crippen molar-refractivity contribution in [2.75, 3.05) is 6.54 Å². The first-order valence-corrected chi connectivity index (χ1v) is 8.59. The number of carbonyl (C=O) groups excluding carboxylic acids is 1. The highest BCUT2D eigenvalue weighted by atomic mass is 16.3. The van der Waals surface area contributed by atoms with E-state index in [1.807, 2.05) is 0 Å². The van der Waals surface area contributed by atoms with Gasteiger partial charge in [-0.15, -0.1) is 0 Å². The Bertz CT molecular complexity index is 491. The normalized spacial score (nSPS) is 29.4. The molecule has 2 N–H and O–H groups in total. The van der Waals surface area contributed by atoms with E-state index in [0.717, 1.165) is 30.2 Å². The molecule has 4 nitrogen and oxygen atoms in total. The molecule has 0 saturated heterocycles. The number of nitrogens with zero attached hydrogens (tertiary/aromatic N) is 1. The molecule has 2 fully saturated rings. The maximum Gasteiger partial charge on any atom is 0.223 e. The van der Waals surface area contributed by atoms with E-state index in [1.54, 1.807) is 24.5 Å². The second-order valence-corrected chi connectivity index (χ2v) is 6.86. The minimum absolute atomic E-state index is 0.122. The average Bonchev–Trinajstić information content (AvgIpc) is 2.59. The summed E-state index contributed by atoms with van der Waals surface area (Å²) < 4.78 is 0. The Hall–Kier alpha value is -1.42. The summed E-state index contributed by atoms with van der Waals surface area (Å²) in [5.74, 6) is 1.88. The maximum absolute atomic E-state index is 12.4. The highest BCUT2D eigenvalue weighted by Gasteiger charge is 2.34. The highest BCUT2D eigenvalue weighted by Crippen LogP contribution is 2.42. The van der Waals surface area contributed by atoms with Gasteiger partial charge in [0, 0.05) is 24.9 Å². The molecule has 0 radical (unpaired) electrons. The van der Waals surface area contributed by atoms with Crippen molar-refractivity contribution < 1.29 is 9.90 Å². The fourth-order valence-corrected chi connectivity index (χ4v) is 4.16. The summed E-state index contributed by atoms with van der Waals surface area (Å²) in [4.78, 5) is 16.3. The Balaban J connectivity index is 1.48. The number of aliphatic hydroxyl groups is 1. The number of hydrogen-bond acceptors (Lipinski definition) is 3. The van der Waals surface area contributed by atoms with Crippen LogP contribution in [0.2, 0.25) is 0 Å². The molecule has 1 aromatic heterocycles. The van der Waals surface area contributed by atoms with Crippen molar-refractivity contribution in [3.63, 3.8) is 0 Å². The number of amides is 1. The van der Waals surface area contributed by atoms with Crippen molar-refractivity contribution in [3.8, 4) is 0 Å². The van der Waals surface area contributed by atoms with E-state index in [2.05, 4.69) is 10.3 Å². The van der Waals surface area contributed by atoms with Gasteiger partial charge >= 0.3 is 0 Å². The summed E-state index contributed by atoms with van der Waals surface area (Å²) in [7, 11) is 0. The monoisotopic (exact) mass is 302 g/mol. The summed E-state index contributed by atoms with van der Waals surface area (Å²) in [5.41, 5.74) is 0.797. The standard InChI is InChI=1S/C18H26N2O2/c21-17(14-7-9-19-10-8-14)12-20-18(22)16-6-5-13-3-1-2-4-15(13)11-16/h7-10,13,15-17,21H,1-6,11-12H2,(H,20,22). The summed E-state index contributed by atoms with van der Waals surface area (Å²) in [6.45, 7) is 0.285. The molecule has 1 amide bonds. The van der Waals surface area contributed by atoms with Crippen molar-refractivity contribution in [2.24, 2.45) is 17.8 Å². The van der Waals surface area contributed by atoms with Crippen LogP contribution in [0.25, 0.3) is 0 Å². The zero-order chi connectivity index (χ0) is 15.4. The Morgan fingerprint density at radius 3 is 2.68 bits per heavy atom. The third kappa shape index (κ3) is 3.67. The van der Waals surface area contributed by atoms with Gasteiger partial charge in [0.1, 0.15) is 0 Å². The molecule has 2 saturated carbocycles. The number of aliphatic hydroxyl groups excluding tert-OH is 1. The summed E-state index contributed by atoms with van der Waals surface area (Å²) in [6, 6.07) is 3.56. The average molecular weight is 302 g/mol. The van der Waals surface area contributed by atoms with E-state index in [9.17, 15) is 9.90 Å². The van der Waals surface area contributed by atoms with Crippen molar-refractivity contribution in [2.45, 2.75) is 51.0 Å². The molecule has 2 aliphatic rings. The summed E-state index contributed by atoms with van der Waals surface area (Å²) >= 11 is 0. The minimum atomic E-state index is -0.655. The van der Waals surface area contributed by atoms with Crippen LogP contribution in [0.15, 0.2) is 24.5 Å². The van der Waals surface area contributed by atoms with Crippen LogP contribution < -0.4 is 5.32 Å². The first-order chi connectivity index (χ1) is 10.7. The van der Waals surface area contributed by atoms with Gasteiger partial charge in [0.25, 0.3) is 0 Å². The zero-order valence-electron chi connectivity index (χ0n) is 13.1. The van der Waals surface area contributed by atoms with Crippen molar-refractivity contribution in [3.05, 3.63) is 30.1 Å². The van der Waals surface area contributed by atoms with Gasteiger partial charge in [-0.25, -0.2) is 0 Å². The lowest BCUT2D eigenvalue weighted by Crippen LogP contribution is -2.38. The van der Waals surface area contributed by atoms with E-state index in [-0.39, 0.29) is 18.4 Å². The van der Waals surface area contributed by atoms with Gasteiger partial charge in [0.2, 0.25) is 5.91 Å². The second kappa shape index (κ2) is 7.23. The molecule has 2 aliphatic carbocycles. The molecule has 1 heterocycles. The SMILES string of the molecule is O=C(NCC(O)c1ccncc1)C1CCC2CCCCC2C1. The molecular formula is C18H26N2O2. The lowest BCUT2D eigenvalue weighted by molar-refractivity contribution is -0.127. The highest BCUT2D eigenvalue weighted by molar-refractivity contribution is 5.78. The zero-order valence-corrected chi connectivity index (χ0v) is 13.1. The number of fused-ring (bicyclic) bond motifs is 1. The van der Waals surface area contributed by atoms with Gasteiger partial charge in [-0.05, 0) is 48.8 Å². The van der Waals surface area contributed by atoms with Gasteiger partial charge in [0.05, 0.1) is 6.10 Å². The largest absolute Gasteiger partial charge is 0.387 e. The predicted octanol–water partition coefficient (Wildman–Crippen LogP) is 2.84. The first kappa shape index (κ1) is 15.5. The smallest absolute Gasteiger partial charge is 0.223 e. The Morgan fingerprint density at radius 2 is 1.91 bits per heavy atom. The molecule has 1 aromatic rings. The number of rotatable bonds is 4. The minimum Gasteiger partial charge on any atom is -0.387 e. The number of nitrogens with one attached hydrogen (secondary N) is 1. The fourth-order valence-electron chi connectivity index (χ4n) is 4.16. The summed E-state index contributed by atoms with van der Waals surface area (Å²) in [6.07, 6.45) is 11.3. The van der Waals surface area contributed by atoms with Gasteiger partial charge in [-0.2, -0.15) is 0 Å². The van der Waals surface area contributed by atoms with Gasteiger partial charge in [-0.1, -0.05) is 25.7 Å². The van der Waals surface area contributed by atoms with Crippen LogP contribution in [0.5, 0.6) is 0 Å². The number of pyridine rings is 1. The van der Waals surface area contributed by atoms with Crippen molar-refractivity contribution >= 4 is 5.91 Å². The quantitative estimate of drug-likeness (QED) is 0.899. The molecule has 0 bridgehead atoms. The van der Waals surface area contributed by atoms with Crippen LogP contribution in [0.1, 0.15) is 56.6 Å². The van der Waals surface area contributed by atoms with E-state index < -0.39 is 6.10 Å². The molecule has 0 aliphatic heterocycles. The van der Waals surface area contributed by atoms with Crippen LogP contribution in [-0.4, -0.2) is 22.5 Å². The Morgan fingerprint density at radius 1 is 1.18 bits per heavy atom. The third-order valence-electron chi connectivity index (χ3n) is 5.47. The molecule has 0 aromatic carbocycles. The fraction of sp³-hybridized carbons (Fsp3) is 0.667. The van der Waals surface area contributed by atoms with Gasteiger partial charge in [-0.3, -0.25) is 9.78 Å². The van der Waals surface area contributed by atoms with E-state index in [0.29, 0.717) is 0 Å². The van der Waals surface area contributed by atoms with Crippen LogP contribution >= 0.6 is 0 Å². The lowest BCUT2D eigenvalue weighted by Gasteiger charge is -2.38. The number of aromatic nitrogens is 1. The number of hydrogen-bond donors (Lipinski definition) is 2. The van der Waals surface area contributed by atoms with E-state index >= 15 is 0 Å². The number of carbonyl (C=O) groups is 1. The Kier molecular flexibility index (Phi) is 5.08. The molecule has 120 valence electrons. The van der Waals surface area contributed by atoms with E-state index in [1.165, 1.54) is 32.1 Å². The third-order valence-corrected chi connectivity index (χ3v) is 5.47. The Labute approximate surface area is 132 Å². The second-order valence-electron chi connectivity index (χ2n) is 6.86. The molecule has 4 unspecified atom stereocenters. The van der Waals surface area contributed by atoms with Crippen LogP contribution in [-0.2, 0) is 4.79 Å². The molecule has 3 rings (SSSR count). The molecule has 0 spiro atoms. The van der Waals surface area contributed by atoms with Crippen molar-refractivity contribution in [1.29, 1.82) is 0 Å². The van der Waals surface area contributed by atoms with Crippen LogP contribution in [0, 0.1) is 17.8 Å². The molecule has 4 atom stereocenters. The van der Waals surface area contributed by atoms with Crippen LogP contribution in [0.4, 0.5) is 0 Å². The lowest BCUT2D eigenvalue weighted by atomic mass is 9.67. The molecule has 4 heteroatoms. The van der Waals surface area contributed by atoms with Crippen molar-refractivity contribution in [1.82, 2.24) is 10.3 Å². The first-order valence-electron chi connectivity index (χ1n) is 8.59. The summed E-state index contributed by atoms with van der Waals surface area (Å²) in [5, 5.41) is 13.0. The van der Waals surface area contributed by atoms with Crippen LogP contribution in [0.3, 0.4) is 0 Å². The van der Waals surface area contributed by atoms with Gasteiger partial charge in [0.15, 0.2) is 0 Å².